The van der Waals surface area contributed by atoms with Crippen LogP contribution in [-0.4, -0.2) is 25.8 Å². The van der Waals surface area contributed by atoms with Crippen molar-refractivity contribution >= 4 is 6.29 Å². The van der Waals surface area contributed by atoms with Crippen LogP contribution in [0.2, 0.25) is 0 Å². The highest BCUT2D eigenvalue weighted by molar-refractivity contribution is 5.56. The van der Waals surface area contributed by atoms with Crippen LogP contribution in [0.5, 0.6) is 0 Å². The number of rotatable bonds is 2. The van der Waals surface area contributed by atoms with Crippen LogP contribution in [0, 0.1) is 0 Å². The Morgan fingerprint density at radius 3 is 3.09 bits per heavy atom. The fraction of sp³-hybridized carbons (Fsp3) is 0.625. The molecule has 1 heterocycles. The summed E-state index contributed by atoms with van der Waals surface area (Å²) in [6.45, 7) is 1.93. The number of ether oxygens (including phenoxy) is 2. The third kappa shape index (κ3) is 1.88. The zero-order valence-electron chi connectivity index (χ0n) is 6.74. The van der Waals surface area contributed by atoms with Crippen molar-refractivity contribution in [2.75, 3.05) is 7.11 Å². The minimum atomic E-state index is -0.334. The first-order chi connectivity index (χ1) is 5.27. The average Bonchev–Trinajstić information content (AvgIpc) is 2.05. The number of methoxy groups -OCH3 is 1. The van der Waals surface area contributed by atoms with Gasteiger partial charge in [-0.15, -0.1) is 0 Å². The summed E-state index contributed by atoms with van der Waals surface area (Å²) in [4.78, 5) is 10.3. The van der Waals surface area contributed by atoms with Crippen LogP contribution in [0.25, 0.3) is 0 Å². The van der Waals surface area contributed by atoms with Gasteiger partial charge in [-0.2, -0.15) is 0 Å². The van der Waals surface area contributed by atoms with Crippen LogP contribution in [0.3, 0.4) is 0 Å². The molecule has 3 heteroatoms. The summed E-state index contributed by atoms with van der Waals surface area (Å²) in [5.74, 6) is 0. The third-order valence-corrected chi connectivity index (χ3v) is 1.71. The van der Waals surface area contributed by atoms with E-state index in [-0.39, 0.29) is 12.4 Å². The Labute approximate surface area is 66.0 Å². The first-order valence-electron chi connectivity index (χ1n) is 3.58. The average molecular weight is 156 g/mol. The second-order valence-electron chi connectivity index (χ2n) is 2.56. The summed E-state index contributed by atoms with van der Waals surface area (Å²) in [5.41, 5.74) is 1.03. The first-order valence-corrected chi connectivity index (χ1v) is 3.58. The number of carbonyl (C=O) groups excluding carboxylic acids is 1. The van der Waals surface area contributed by atoms with Crippen molar-refractivity contribution in [1.29, 1.82) is 0 Å². The lowest BCUT2D eigenvalue weighted by Crippen LogP contribution is -2.29. The standard InChI is InChI=1S/C8H12O3/c1-6-3-4-7(5-9)11-8(6)10-2/h3,5,7-8H,4H2,1-2H3/t7-,8-/m0/s1. The number of hydrogen-bond donors (Lipinski definition) is 0. The highest BCUT2D eigenvalue weighted by atomic mass is 16.7. The minimum absolute atomic E-state index is 0.330. The number of hydrogen-bond acceptors (Lipinski definition) is 3. The quantitative estimate of drug-likeness (QED) is 0.440. The molecule has 1 rings (SSSR count). The Bertz CT molecular complexity index is 174. The van der Waals surface area contributed by atoms with Crippen LogP contribution in [-0.2, 0) is 14.3 Å². The van der Waals surface area contributed by atoms with Crippen LogP contribution < -0.4 is 0 Å². The van der Waals surface area contributed by atoms with E-state index in [1.165, 1.54) is 0 Å². The second kappa shape index (κ2) is 3.64. The third-order valence-electron chi connectivity index (χ3n) is 1.71. The van der Waals surface area contributed by atoms with E-state index in [4.69, 9.17) is 9.47 Å². The lowest BCUT2D eigenvalue weighted by atomic mass is 10.1. The molecule has 0 saturated carbocycles. The van der Waals surface area contributed by atoms with E-state index in [1.54, 1.807) is 7.11 Å². The van der Waals surface area contributed by atoms with E-state index < -0.39 is 0 Å². The summed E-state index contributed by atoms with van der Waals surface area (Å²) >= 11 is 0. The molecule has 3 nitrogen and oxygen atoms in total. The largest absolute Gasteiger partial charge is 0.352 e. The summed E-state index contributed by atoms with van der Waals surface area (Å²) in [6, 6.07) is 0. The van der Waals surface area contributed by atoms with E-state index >= 15 is 0 Å². The zero-order chi connectivity index (χ0) is 8.27. The number of carbonyl (C=O) groups is 1. The normalized spacial score (nSPS) is 31.3. The van der Waals surface area contributed by atoms with Gasteiger partial charge < -0.3 is 14.3 Å². The fourth-order valence-corrected chi connectivity index (χ4v) is 1.05. The molecule has 0 radical (unpaired) electrons. The van der Waals surface area contributed by atoms with E-state index in [0.717, 1.165) is 11.9 Å². The minimum Gasteiger partial charge on any atom is -0.352 e. The summed E-state index contributed by atoms with van der Waals surface area (Å²) in [6.07, 6.45) is 2.77. The Morgan fingerprint density at radius 2 is 2.55 bits per heavy atom. The van der Waals surface area contributed by atoms with Crippen LogP contribution in [0.4, 0.5) is 0 Å². The molecule has 0 spiro atoms. The topological polar surface area (TPSA) is 35.5 Å². The van der Waals surface area contributed by atoms with Crippen LogP contribution in [0.1, 0.15) is 13.3 Å². The van der Waals surface area contributed by atoms with Crippen molar-refractivity contribution in [2.45, 2.75) is 25.7 Å². The van der Waals surface area contributed by atoms with E-state index in [1.807, 2.05) is 13.0 Å². The molecule has 0 aromatic rings. The second-order valence-corrected chi connectivity index (χ2v) is 2.56. The SMILES string of the molecule is CO[C@H]1O[C@H](C=O)CC=C1C. The number of aldehydes is 1. The van der Waals surface area contributed by atoms with Crippen molar-refractivity contribution in [3.63, 3.8) is 0 Å². The Balaban J connectivity index is 2.60. The summed E-state index contributed by atoms with van der Waals surface area (Å²) in [5, 5.41) is 0. The lowest BCUT2D eigenvalue weighted by molar-refractivity contribution is -0.150. The molecule has 1 aliphatic rings. The molecule has 1 aliphatic heterocycles. The van der Waals surface area contributed by atoms with E-state index in [9.17, 15) is 4.79 Å². The van der Waals surface area contributed by atoms with Gasteiger partial charge in [-0.25, -0.2) is 0 Å². The monoisotopic (exact) mass is 156 g/mol. The molecule has 0 aromatic heterocycles. The van der Waals surface area contributed by atoms with Gasteiger partial charge in [0.05, 0.1) is 0 Å². The van der Waals surface area contributed by atoms with Gasteiger partial charge >= 0.3 is 0 Å². The van der Waals surface area contributed by atoms with Gasteiger partial charge in [0.25, 0.3) is 0 Å². The molecule has 0 bridgehead atoms. The molecule has 62 valence electrons. The summed E-state index contributed by atoms with van der Waals surface area (Å²) < 4.78 is 10.2. The van der Waals surface area contributed by atoms with Gasteiger partial charge in [0.1, 0.15) is 12.4 Å². The maximum Gasteiger partial charge on any atom is 0.180 e. The Kier molecular flexibility index (Phi) is 2.79. The molecule has 0 aliphatic carbocycles. The van der Waals surface area contributed by atoms with Crippen molar-refractivity contribution in [3.05, 3.63) is 11.6 Å². The molecule has 0 N–H and O–H groups in total. The van der Waals surface area contributed by atoms with Gasteiger partial charge in [0.2, 0.25) is 0 Å². The molecule has 0 unspecified atom stereocenters. The molecule has 0 fully saturated rings. The fourth-order valence-electron chi connectivity index (χ4n) is 1.05. The van der Waals surface area contributed by atoms with Gasteiger partial charge in [0.15, 0.2) is 6.29 Å². The first kappa shape index (κ1) is 8.43. The van der Waals surface area contributed by atoms with Gasteiger partial charge in [-0.1, -0.05) is 6.08 Å². The Hall–Kier alpha value is -0.670. The smallest absolute Gasteiger partial charge is 0.180 e. The molecule has 0 amide bonds. The van der Waals surface area contributed by atoms with E-state index in [0.29, 0.717) is 6.42 Å². The maximum absolute atomic E-state index is 10.3. The van der Waals surface area contributed by atoms with Gasteiger partial charge in [0, 0.05) is 7.11 Å². The lowest BCUT2D eigenvalue weighted by Gasteiger charge is -2.24. The molecular weight excluding hydrogens is 144 g/mol. The van der Waals surface area contributed by atoms with Gasteiger partial charge in [-0.05, 0) is 18.9 Å². The highest BCUT2D eigenvalue weighted by Gasteiger charge is 2.20. The molecule has 2 atom stereocenters. The molecule has 0 saturated heterocycles. The molecule has 0 aromatic carbocycles. The summed E-state index contributed by atoms with van der Waals surface area (Å²) in [7, 11) is 1.56. The van der Waals surface area contributed by atoms with Crippen LogP contribution in [0.15, 0.2) is 11.6 Å². The Morgan fingerprint density at radius 1 is 1.82 bits per heavy atom. The molecular formula is C8H12O3. The van der Waals surface area contributed by atoms with Crippen LogP contribution >= 0.6 is 0 Å². The van der Waals surface area contributed by atoms with Crippen molar-refractivity contribution in [2.24, 2.45) is 0 Å². The highest BCUT2D eigenvalue weighted by Crippen LogP contribution is 2.17. The maximum atomic E-state index is 10.3. The zero-order valence-corrected chi connectivity index (χ0v) is 6.74. The predicted octanol–water partition coefficient (Wildman–Crippen LogP) is 0.893. The van der Waals surface area contributed by atoms with Gasteiger partial charge in [-0.3, -0.25) is 0 Å². The van der Waals surface area contributed by atoms with Crippen molar-refractivity contribution < 1.29 is 14.3 Å². The molecule has 11 heavy (non-hydrogen) atoms. The predicted molar refractivity (Wildman–Crippen MR) is 40.1 cm³/mol. The van der Waals surface area contributed by atoms with E-state index in [2.05, 4.69) is 0 Å². The van der Waals surface area contributed by atoms with Crippen molar-refractivity contribution in [1.82, 2.24) is 0 Å². The van der Waals surface area contributed by atoms with Crippen molar-refractivity contribution in [3.8, 4) is 0 Å².